The van der Waals surface area contributed by atoms with Gasteiger partial charge in [-0.25, -0.2) is 0 Å². The first-order chi connectivity index (χ1) is 7.76. The fourth-order valence-electron chi connectivity index (χ4n) is 1.50. The highest BCUT2D eigenvalue weighted by Crippen LogP contribution is 2.32. The number of carbonyl (C=O) groups excluding carboxylic acids is 1. The predicted molar refractivity (Wildman–Crippen MR) is 58.9 cm³/mol. The molecule has 0 aromatic carbocycles. The number of hydrogen-bond donors (Lipinski definition) is 1. The van der Waals surface area contributed by atoms with Gasteiger partial charge in [-0.15, -0.1) is 5.10 Å². The lowest BCUT2D eigenvalue weighted by Crippen LogP contribution is -2.35. The van der Waals surface area contributed by atoms with Crippen LogP contribution in [0.15, 0.2) is 0 Å². The molecule has 1 saturated carbocycles. The van der Waals surface area contributed by atoms with Gasteiger partial charge in [-0.1, -0.05) is 11.4 Å². The number of aryl methyl sites for hydroxylation is 1. The molecule has 0 aliphatic heterocycles. The van der Waals surface area contributed by atoms with E-state index >= 15 is 0 Å². The van der Waals surface area contributed by atoms with Crippen LogP contribution < -0.4 is 5.32 Å². The standard InChI is InChI=1S/C10H12N4OS/c1-2-7-9(16-14-13-7)10(15)12-8(5-11)6-3-4-6/h6,8H,2-4H2,1H3,(H,12,15). The molecule has 0 saturated heterocycles. The Balaban J connectivity index is 2.05. The van der Waals surface area contributed by atoms with Crippen molar-refractivity contribution in [3.05, 3.63) is 10.6 Å². The minimum atomic E-state index is -0.362. The molecule has 0 radical (unpaired) electrons. The molecule has 0 bridgehead atoms. The van der Waals surface area contributed by atoms with Crippen molar-refractivity contribution in [3.8, 4) is 6.07 Å². The summed E-state index contributed by atoms with van der Waals surface area (Å²) in [7, 11) is 0. The molecule has 1 N–H and O–H groups in total. The molecule has 0 spiro atoms. The predicted octanol–water partition coefficient (Wildman–Crippen LogP) is 1.13. The summed E-state index contributed by atoms with van der Waals surface area (Å²) in [5, 5.41) is 15.5. The molecule has 84 valence electrons. The van der Waals surface area contributed by atoms with E-state index in [2.05, 4.69) is 21.0 Å². The molecule has 1 aromatic heterocycles. The fourth-order valence-corrected chi connectivity index (χ4v) is 2.16. The van der Waals surface area contributed by atoms with E-state index in [0.29, 0.717) is 22.9 Å². The lowest BCUT2D eigenvalue weighted by Gasteiger charge is -2.08. The van der Waals surface area contributed by atoms with Gasteiger partial charge in [-0.2, -0.15) is 5.26 Å². The molecule has 1 aromatic rings. The quantitative estimate of drug-likeness (QED) is 0.850. The second-order valence-corrected chi connectivity index (χ2v) is 4.57. The Hall–Kier alpha value is -1.48. The van der Waals surface area contributed by atoms with Crippen LogP contribution in [0.5, 0.6) is 0 Å². The zero-order valence-corrected chi connectivity index (χ0v) is 9.75. The number of amides is 1. The van der Waals surface area contributed by atoms with Crippen LogP contribution in [0, 0.1) is 17.2 Å². The Kier molecular flexibility index (Phi) is 3.15. The van der Waals surface area contributed by atoms with E-state index in [9.17, 15) is 4.79 Å². The summed E-state index contributed by atoms with van der Waals surface area (Å²) in [6.45, 7) is 1.93. The van der Waals surface area contributed by atoms with Crippen LogP contribution >= 0.6 is 11.5 Å². The maximum atomic E-state index is 11.9. The third-order valence-electron chi connectivity index (χ3n) is 2.62. The number of carbonyl (C=O) groups is 1. The van der Waals surface area contributed by atoms with Gasteiger partial charge in [0.15, 0.2) is 0 Å². The van der Waals surface area contributed by atoms with Crippen LogP contribution in [0.3, 0.4) is 0 Å². The van der Waals surface area contributed by atoms with Gasteiger partial charge in [-0.3, -0.25) is 4.79 Å². The Bertz CT molecular complexity index is 432. The number of nitriles is 1. The summed E-state index contributed by atoms with van der Waals surface area (Å²) < 4.78 is 3.76. The summed E-state index contributed by atoms with van der Waals surface area (Å²) >= 11 is 1.08. The highest BCUT2D eigenvalue weighted by molar-refractivity contribution is 7.08. The topological polar surface area (TPSA) is 78.7 Å². The number of hydrogen-bond acceptors (Lipinski definition) is 5. The normalized spacial score (nSPS) is 16.5. The summed E-state index contributed by atoms with van der Waals surface area (Å²) in [5.74, 6) is 0.116. The monoisotopic (exact) mass is 236 g/mol. The van der Waals surface area contributed by atoms with E-state index in [1.165, 1.54) is 0 Å². The second-order valence-electron chi connectivity index (χ2n) is 3.82. The molecular weight excluding hydrogens is 224 g/mol. The lowest BCUT2D eigenvalue weighted by molar-refractivity contribution is 0.0945. The maximum absolute atomic E-state index is 11.9. The third kappa shape index (κ3) is 2.19. The van der Waals surface area contributed by atoms with Crippen molar-refractivity contribution in [2.45, 2.75) is 32.2 Å². The van der Waals surface area contributed by atoms with E-state index in [1.54, 1.807) is 0 Å². The summed E-state index contributed by atoms with van der Waals surface area (Å²) in [5.41, 5.74) is 0.704. The zero-order valence-electron chi connectivity index (χ0n) is 8.93. The van der Waals surface area contributed by atoms with Crippen molar-refractivity contribution in [3.63, 3.8) is 0 Å². The first-order valence-corrected chi connectivity index (χ1v) is 6.05. The van der Waals surface area contributed by atoms with Crippen molar-refractivity contribution in [1.29, 1.82) is 5.26 Å². The van der Waals surface area contributed by atoms with Crippen LogP contribution in [0.4, 0.5) is 0 Å². The minimum Gasteiger partial charge on any atom is -0.335 e. The minimum absolute atomic E-state index is 0.217. The Morgan fingerprint density at radius 1 is 1.75 bits per heavy atom. The second kappa shape index (κ2) is 4.58. The number of nitrogens with zero attached hydrogens (tertiary/aromatic N) is 3. The molecule has 1 fully saturated rings. The first-order valence-electron chi connectivity index (χ1n) is 5.28. The molecule has 16 heavy (non-hydrogen) atoms. The SMILES string of the molecule is CCc1nnsc1C(=O)NC(C#N)C1CC1. The number of aromatic nitrogens is 2. The Morgan fingerprint density at radius 2 is 2.50 bits per heavy atom. The largest absolute Gasteiger partial charge is 0.335 e. The molecule has 1 atom stereocenters. The average Bonchev–Trinajstić information content (AvgIpc) is 3.02. The Morgan fingerprint density at radius 3 is 3.06 bits per heavy atom. The van der Waals surface area contributed by atoms with Gasteiger partial charge in [0.25, 0.3) is 5.91 Å². The number of rotatable bonds is 4. The summed E-state index contributed by atoms with van der Waals surface area (Å²) in [6.07, 6.45) is 2.74. The van der Waals surface area contributed by atoms with Crippen molar-refractivity contribution >= 4 is 17.4 Å². The van der Waals surface area contributed by atoms with Crippen LogP contribution in [-0.4, -0.2) is 21.5 Å². The van der Waals surface area contributed by atoms with E-state index in [1.807, 2.05) is 6.92 Å². The van der Waals surface area contributed by atoms with Gasteiger partial charge in [0.05, 0.1) is 11.8 Å². The van der Waals surface area contributed by atoms with Crippen LogP contribution in [0.25, 0.3) is 0 Å². The first kappa shape index (κ1) is 11.0. The van der Waals surface area contributed by atoms with E-state index < -0.39 is 0 Å². The fraction of sp³-hybridized carbons (Fsp3) is 0.600. The van der Waals surface area contributed by atoms with Crippen LogP contribution in [0.2, 0.25) is 0 Å². The molecular formula is C10H12N4OS. The molecule has 1 unspecified atom stereocenters. The number of nitrogens with one attached hydrogen (secondary N) is 1. The molecule has 1 aliphatic carbocycles. The van der Waals surface area contributed by atoms with Gasteiger partial charge in [0.2, 0.25) is 0 Å². The summed E-state index contributed by atoms with van der Waals surface area (Å²) in [6, 6.07) is 1.76. The van der Waals surface area contributed by atoms with Crippen molar-refractivity contribution < 1.29 is 4.79 Å². The van der Waals surface area contributed by atoms with Gasteiger partial charge < -0.3 is 5.32 Å². The smallest absolute Gasteiger partial charge is 0.265 e. The molecule has 1 amide bonds. The van der Waals surface area contributed by atoms with Gasteiger partial charge in [-0.05, 0) is 36.7 Å². The zero-order chi connectivity index (χ0) is 11.5. The van der Waals surface area contributed by atoms with Gasteiger partial charge in [0.1, 0.15) is 10.9 Å². The van der Waals surface area contributed by atoms with E-state index in [4.69, 9.17) is 5.26 Å². The maximum Gasteiger partial charge on any atom is 0.265 e. The molecule has 6 heteroatoms. The molecule has 2 rings (SSSR count). The van der Waals surface area contributed by atoms with Gasteiger partial charge >= 0.3 is 0 Å². The van der Waals surface area contributed by atoms with Crippen LogP contribution in [-0.2, 0) is 6.42 Å². The molecule has 5 nitrogen and oxygen atoms in total. The highest BCUT2D eigenvalue weighted by atomic mass is 32.1. The van der Waals surface area contributed by atoms with Crippen molar-refractivity contribution in [2.75, 3.05) is 0 Å². The van der Waals surface area contributed by atoms with Crippen LogP contribution in [0.1, 0.15) is 35.1 Å². The van der Waals surface area contributed by atoms with E-state index in [-0.39, 0.29) is 11.9 Å². The van der Waals surface area contributed by atoms with Crippen molar-refractivity contribution in [1.82, 2.24) is 14.9 Å². The Labute approximate surface area is 97.6 Å². The summed E-state index contributed by atoms with van der Waals surface area (Å²) in [4.78, 5) is 12.4. The average molecular weight is 236 g/mol. The highest BCUT2D eigenvalue weighted by Gasteiger charge is 2.33. The molecule has 1 aliphatic rings. The van der Waals surface area contributed by atoms with E-state index in [0.717, 1.165) is 24.4 Å². The third-order valence-corrected chi connectivity index (χ3v) is 3.38. The van der Waals surface area contributed by atoms with Crippen molar-refractivity contribution in [2.24, 2.45) is 5.92 Å². The lowest BCUT2D eigenvalue weighted by atomic mass is 10.2. The van der Waals surface area contributed by atoms with Gasteiger partial charge in [0, 0.05) is 0 Å². The molecule has 1 heterocycles.